The second kappa shape index (κ2) is 5.34. The molecule has 2 aromatic carbocycles. The van der Waals surface area contributed by atoms with E-state index in [4.69, 9.17) is 11.1 Å². The Hall–Kier alpha value is -3.41. The van der Waals surface area contributed by atoms with Gasteiger partial charge in [-0.1, -0.05) is 30.3 Å². The van der Waals surface area contributed by atoms with E-state index in [1.807, 2.05) is 30.3 Å². The van der Waals surface area contributed by atoms with Gasteiger partial charge in [-0.2, -0.15) is 0 Å². The van der Waals surface area contributed by atoms with Crippen LogP contribution in [0.1, 0.15) is 17.0 Å². The molecule has 6 heteroatoms. The first kappa shape index (κ1) is 14.2. The van der Waals surface area contributed by atoms with E-state index >= 15 is 0 Å². The number of aliphatic hydroxyl groups excluding tert-OH is 1. The number of rotatable bonds is 3. The molecule has 2 heterocycles. The minimum atomic E-state index is 0.00526. The van der Waals surface area contributed by atoms with Crippen molar-refractivity contribution in [3.63, 3.8) is 0 Å². The predicted molar refractivity (Wildman–Crippen MR) is 94.5 cm³/mol. The Kier molecular flexibility index (Phi) is 3.16. The molecule has 1 aromatic heterocycles. The zero-order chi connectivity index (χ0) is 16.7. The highest BCUT2D eigenvalue weighted by Gasteiger charge is 2.23. The summed E-state index contributed by atoms with van der Waals surface area (Å²) in [6, 6.07) is 14.9. The smallest absolute Gasteiger partial charge is 0.150 e. The molecule has 0 unspecified atom stereocenters. The van der Waals surface area contributed by atoms with E-state index in [9.17, 15) is 5.11 Å². The number of aromatic nitrogens is 2. The third-order valence-electron chi connectivity index (χ3n) is 4.03. The predicted octanol–water partition coefficient (Wildman–Crippen LogP) is 2.62. The molecule has 0 radical (unpaired) electrons. The van der Waals surface area contributed by atoms with E-state index in [-0.39, 0.29) is 11.6 Å². The molecule has 118 valence electrons. The van der Waals surface area contributed by atoms with Gasteiger partial charge in [0.15, 0.2) is 0 Å². The number of nitrogens with two attached hydrogens (primary N) is 1. The minimum absolute atomic E-state index is 0.00526. The van der Waals surface area contributed by atoms with Crippen molar-refractivity contribution in [2.75, 3.05) is 6.54 Å². The van der Waals surface area contributed by atoms with Crippen LogP contribution < -0.4 is 5.73 Å². The number of nitrogens with zero attached hydrogens (tertiary/aromatic N) is 2. The van der Waals surface area contributed by atoms with Crippen molar-refractivity contribution in [3.8, 4) is 0 Å². The Balaban J connectivity index is 1.75. The standard InChI is InChI=1S/C18H15N5O/c19-17(20)11-6-7-13-14(8-11)23-18(22-13)12-9-21-15(16(12)24)10-4-2-1-3-5-10/h1-8,24H,9H2,(H3,19,20)(H,22,23). The van der Waals surface area contributed by atoms with Crippen molar-refractivity contribution in [1.82, 2.24) is 9.97 Å². The first-order chi connectivity index (χ1) is 11.6. The van der Waals surface area contributed by atoms with Gasteiger partial charge in [0.25, 0.3) is 0 Å². The molecule has 0 saturated heterocycles. The number of aromatic amines is 1. The molecule has 1 aliphatic rings. The van der Waals surface area contributed by atoms with Gasteiger partial charge in [0.05, 0.1) is 23.2 Å². The molecule has 3 aromatic rings. The monoisotopic (exact) mass is 317 g/mol. The first-order valence-corrected chi connectivity index (χ1v) is 7.50. The maximum atomic E-state index is 10.6. The van der Waals surface area contributed by atoms with Crippen LogP contribution in [0, 0.1) is 5.41 Å². The van der Waals surface area contributed by atoms with E-state index in [0.29, 0.717) is 29.2 Å². The van der Waals surface area contributed by atoms with Crippen LogP contribution in [0.4, 0.5) is 0 Å². The lowest BCUT2D eigenvalue weighted by Crippen LogP contribution is -2.10. The number of hydrogen-bond acceptors (Lipinski definition) is 4. The number of nitrogen functional groups attached to an aromatic ring is 1. The Bertz CT molecular complexity index is 1010. The number of hydrogen-bond donors (Lipinski definition) is 4. The Morgan fingerprint density at radius 1 is 1.17 bits per heavy atom. The van der Waals surface area contributed by atoms with Crippen molar-refractivity contribution in [3.05, 3.63) is 71.2 Å². The number of H-pyrrole nitrogens is 1. The summed E-state index contributed by atoms with van der Waals surface area (Å²) >= 11 is 0. The Morgan fingerprint density at radius 3 is 2.71 bits per heavy atom. The second-order valence-electron chi connectivity index (χ2n) is 5.59. The van der Waals surface area contributed by atoms with E-state index in [0.717, 1.165) is 16.6 Å². The van der Waals surface area contributed by atoms with Gasteiger partial charge >= 0.3 is 0 Å². The minimum Gasteiger partial charge on any atom is -0.505 e. The second-order valence-corrected chi connectivity index (χ2v) is 5.59. The zero-order valence-electron chi connectivity index (χ0n) is 12.7. The largest absolute Gasteiger partial charge is 0.505 e. The van der Waals surface area contributed by atoms with Crippen molar-refractivity contribution >= 4 is 28.2 Å². The van der Waals surface area contributed by atoms with Crippen molar-refractivity contribution in [2.45, 2.75) is 0 Å². The number of benzene rings is 2. The summed E-state index contributed by atoms with van der Waals surface area (Å²) in [6.45, 7) is 0.370. The Morgan fingerprint density at radius 2 is 1.96 bits per heavy atom. The summed E-state index contributed by atoms with van der Waals surface area (Å²) < 4.78 is 0. The fourth-order valence-electron chi connectivity index (χ4n) is 2.78. The van der Waals surface area contributed by atoms with Crippen LogP contribution in [-0.2, 0) is 0 Å². The number of fused-ring (bicyclic) bond motifs is 1. The molecule has 5 N–H and O–H groups in total. The number of imidazole rings is 1. The summed E-state index contributed by atoms with van der Waals surface area (Å²) in [5.74, 6) is 0.732. The van der Waals surface area contributed by atoms with Gasteiger partial charge in [0, 0.05) is 11.1 Å². The third-order valence-corrected chi connectivity index (χ3v) is 4.03. The number of amidine groups is 1. The topological polar surface area (TPSA) is 111 Å². The van der Waals surface area contributed by atoms with E-state index in [1.165, 1.54) is 0 Å². The van der Waals surface area contributed by atoms with Crippen molar-refractivity contribution in [1.29, 1.82) is 5.41 Å². The molecule has 0 aliphatic carbocycles. The molecule has 0 amide bonds. The maximum Gasteiger partial charge on any atom is 0.150 e. The molecule has 0 saturated carbocycles. The average molecular weight is 317 g/mol. The van der Waals surface area contributed by atoms with E-state index in [2.05, 4.69) is 15.0 Å². The maximum absolute atomic E-state index is 10.6. The van der Waals surface area contributed by atoms with Crippen LogP contribution in [0.2, 0.25) is 0 Å². The van der Waals surface area contributed by atoms with E-state index in [1.54, 1.807) is 18.2 Å². The SMILES string of the molecule is N=C(N)c1ccc2nc(C3=C(O)C(c4ccccc4)=NC3)[nH]c2c1. The molecule has 0 bridgehead atoms. The quantitative estimate of drug-likeness (QED) is 0.440. The highest BCUT2D eigenvalue weighted by Crippen LogP contribution is 2.26. The van der Waals surface area contributed by atoms with Crippen LogP contribution in [0.25, 0.3) is 16.6 Å². The van der Waals surface area contributed by atoms with E-state index < -0.39 is 0 Å². The van der Waals surface area contributed by atoms with Gasteiger partial charge in [-0.05, 0) is 18.2 Å². The van der Waals surface area contributed by atoms with Gasteiger partial charge in [-0.15, -0.1) is 0 Å². The van der Waals surface area contributed by atoms with Crippen LogP contribution in [-0.4, -0.2) is 33.2 Å². The molecular formula is C18H15N5O. The van der Waals surface area contributed by atoms with Crippen molar-refractivity contribution < 1.29 is 5.11 Å². The summed E-state index contributed by atoms with van der Waals surface area (Å²) in [5.41, 5.74) is 9.79. The van der Waals surface area contributed by atoms with Crippen molar-refractivity contribution in [2.24, 2.45) is 10.7 Å². The summed E-state index contributed by atoms with van der Waals surface area (Å²) in [4.78, 5) is 12.1. The average Bonchev–Trinajstić information content (AvgIpc) is 3.17. The Labute approximate surface area is 137 Å². The fraction of sp³-hybridized carbons (Fsp3) is 0.0556. The fourth-order valence-corrected chi connectivity index (χ4v) is 2.78. The molecule has 4 rings (SSSR count). The van der Waals surface area contributed by atoms with Gasteiger partial charge in [0.1, 0.15) is 23.1 Å². The highest BCUT2D eigenvalue weighted by molar-refractivity contribution is 6.17. The third kappa shape index (κ3) is 2.25. The normalized spacial score (nSPS) is 14.2. The van der Waals surface area contributed by atoms with Crippen LogP contribution >= 0.6 is 0 Å². The lowest BCUT2D eigenvalue weighted by molar-refractivity contribution is 0.447. The lowest BCUT2D eigenvalue weighted by Gasteiger charge is -2.01. The highest BCUT2D eigenvalue weighted by atomic mass is 16.3. The molecule has 24 heavy (non-hydrogen) atoms. The van der Waals surface area contributed by atoms with Gasteiger partial charge in [0.2, 0.25) is 0 Å². The van der Waals surface area contributed by atoms with Crippen LogP contribution in [0.3, 0.4) is 0 Å². The molecular weight excluding hydrogens is 302 g/mol. The number of aliphatic imine (C=N–C) groups is 1. The summed E-state index contributed by atoms with van der Waals surface area (Å²) in [7, 11) is 0. The van der Waals surface area contributed by atoms with Crippen LogP contribution in [0.5, 0.6) is 0 Å². The molecule has 0 spiro atoms. The molecule has 0 atom stereocenters. The zero-order valence-corrected chi connectivity index (χ0v) is 12.7. The van der Waals surface area contributed by atoms with Gasteiger partial charge < -0.3 is 15.8 Å². The summed E-state index contributed by atoms with van der Waals surface area (Å²) in [5, 5.41) is 18.1. The summed E-state index contributed by atoms with van der Waals surface area (Å²) in [6.07, 6.45) is 0. The van der Waals surface area contributed by atoms with Gasteiger partial charge in [-0.25, -0.2) is 4.98 Å². The van der Waals surface area contributed by atoms with Gasteiger partial charge in [-0.3, -0.25) is 10.4 Å². The molecule has 6 nitrogen and oxygen atoms in total. The number of nitrogens with one attached hydrogen (secondary N) is 2. The van der Waals surface area contributed by atoms with Crippen LogP contribution in [0.15, 0.2) is 59.3 Å². The molecule has 1 aliphatic heterocycles. The molecule has 0 fully saturated rings. The number of allylic oxidation sites excluding steroid dienone is 1. The number of aliphatic hydroxyl groups is 1. The lowest BCUT2D eigenvalue weighted by atomic mass is 10.1. The first-order valence-electron chi connectivity index (χ1n) is 7.50.